The smallest absolute Gasteiger partial charge is 0.377 e. The van der Waals surface area contributed by atoms with E-state index < -0.39 is 77.0 Å². The summed E-state index contributed by atoms with van der Waals surface area (Å²) >= 11 is 0. The zero-order valence-corrected chi connectivity index (χ0v) is 17.5. The van der Waals surface area contributed by atoms with Gasteiger partial charge < -0.3 is 9.47 Å². The highest BCUT2D eigenvalue weighted by Gasteiger charge is 2.42. The van der Waals surface area contributed by atoms with Gasteiger partial charge in [0.25, 0.3) is 0 Å². The van der Waals surface area contributed by atoms with E-state index in [1.165, 1.54) is 0 Å². The second kappa shape index (κ2) is 9.84. The van der Waals surface area contributed by atoms with Gasteiger partial charge >= 0.3 is 24.7 Å². The van der Waals surface area contributed by atoms with Crippen LogP contribution in [0.4, 0.5) is 52.7 Å². The largest absolute Gasteiger partial charge is 0.433 e. The summed E-state index contributed by atoms with van der Waals surface area (Å²) in [6.45, 7) is 0. The second-order valence-corrected chi connectivity index (χ2v) is 7.15. The Bertz CT molecular complexity index is 992. The van der Waals surface area contributed by atoms with Gasteiger partial charge in [-0.05, 0) is 29.8 Å². The van der Waals surface area contributed by atoms with E-state index in [1.807, 2.05) is 0 Å². The molecule has 0 fully saturated rings. The molecule has 2 atom stereocenters. The number of rotatable bonds is 6. The molecule has 0 radical (unpaired) electrons. The van der Waals surface area contributed by atoms with Crippen LogP contribution in [0.15, 0.2) is 30.3 Å². The van der Waals surface area contributed by atoms with Crippen molar-refractivity contribution in [1.29, 1.82) is 0 Å². The number of ether oxygens (including phenoxy) is 2. The Balaban J connectivity index is 2.58. The lowest BCUT2D eigenvalue weighted by atomic mass is 9.94. The van der Waals surface area contributed by atoms with Gasteiger partial charge in [0.2, 0.25) is 0 Å². The third kappa shape index (κ3) is 6.99. The van der Waals surface area contributed by atoms with Gasteiger partial charge in [-0.15, -0.1) is 0 Å². The number of benzene rings is 1. The number of nitrogens with zero attached hydrogens (tertiary/aromatic N) is 1. The van der Waals surface area contributed by atoms with Gasteiger partial charge in [0.05, 0.1) is 23.3 Å². The quantitative estimate of drug-likeness (QED) is 0.361. The van der Waals surface area contributed by atoms with Crippen molar-refractivity contribution in [2.75, 3.05) is 14.2 Å². The van der Waals surface area contributed by atoms with Crippen LogP contribution in [0.2, 0.25) is 0 Å². The summed E-state index contributed by atoms with van der Waals surface area (Å²) in [4.78, 5) is 2.61. The molecule has 35 heavy (non-hydrogen) atoms. The highest BCUT2D eigenvalue weighted by molar-refractivity contribution is 5.36. The number of aromatic nitrogens is 1. The fraction of sp³-hybridized carbons (Fsp3) is 0.450. The van der Waals surface area contributed by atoms with E-state index in [9.17, 15) is 52.7 Å². The van der Waals surface area contributed by atoms with Gasteiger partial charge in [-0.25, -0.2) is 4.98 Å². The van der Waals surface area contributed by atoms with Gasteiger partial charge in [-0.2, -0.15) is 52.7 Å². The first-order chi connectivity index (χ1) is 15.8. The summed E-state index contributed by atoms with van der Waals surface area (Å²) in [7, 11) is 1.73. The Labute approximate surface area is 189 Å². The molecule has 0 aliphatic rings. The number of methoxy groups -OCH3 is 2. The molecule has 0 amide bonds. The average molecular weight is 529 g/mol. The Morgan fingerprint density at radius 3 is 1.51 bits per heavy atom. The molecular weight excluding hydrogens is 514 g/mol. The molecule has 2 aromatic rings. The van der Waals surface area contributed by atoms with Crippen LogP contribution < -0.4 is 0 Å². The summed E-state index contributed by atoms with van der Waals surface area (Å²) in [5, 5.41) is 0. The molecule has 1 aromatic heterocycles. The lowest BCUT2D eigenvalue weighted by molar-refractivity contribution is -0.151. The molecular formula is C20H15F12NO2. The normalized spacial score (nSPS) is 15.3. The molecule has 3 nitrogen and oxygen atoms in total. The first kappa shape index (κ1) is 28.7. The van der Waals surface area contributed by atoms with Crippen LogP contribution in [0.5, 0.6) is 0 Å². The van der Waals surface area contributed by atoms with Crippen molar-refractivity contribution in [2.45, 2.75) is 43.3 Å². The number of alkyl halides is 12. The molecule has 0 aliphatic carbocycles. The Morgan fingerprint density at radius 1 is 0.657 bits per heavy atom. The number of hydrogen-bond acceptors (Lipinski definition) is 3. The first-order valence-corrected chi connectivity index (χ1v) is 9.29. The van der Waals surface area contributed by atoms with Crippen LogP contribution >= 0.6 is 0 Å². The lowest BCUT2D eigenvalue weighted by Crippen LogP contribution is -2.21. The van der Waals surface area contributed by atoms with E-state index in [-0.39, 0.29) is 12.1 Å². The van der Waals surface area contributed by atoms with Crippen LogP contribution in [0.3, 0.4) is 0 Å². The van der Waals surface area contributed by atoms with Crippen molar-refractivity contribution in [3.8, 4) is 0 Å². The van der Waals surface area contributed by atoms with Gasteiger partial charge in [-0.1, -0.05) is 6.07 Å². The summed E-state index contributed by atoms with van der Waals surface area (Å²) < 4.78 is 168. The van der Waals surface area contributed by atoms with E-state index in [0.29, 0.717) is 18.2 Å². The van der Waals surface area contributed by atoms with E-state index in [1.54, 1.807) is 0 Å². The number of halogens is 12. The highest BCUT2D eigenvalue weighted by Crippen LogP contribution is 2.42. The molecule has 2 rings (SSSR count). The zero-order valence-electron chi connectivity index (χ0n) is 17.5. The molecule has 2 unspecified atom stereocenters. The fourth-order valence-corrected chi connectivity index (χ4v) is 3.19. The van der Waals surface area contributed by atoms with Crippen LogP contribution in [0, 0.1) is 0 Å². The van der Waals surface area contributed by atoms with Crippen molar-refractivity contribution >= 4 is 0 Å². The predicted octanol–water partition coefficient (Wildman–Crippen LogP) is 7.62. The molecule has 0 saturated heterocycles. The lowest BCUT2D eigenvalue weighted by Gasteiger charge is -2.26. The Morgan fingerprint density at radius 2 is 1.14 bits per heavy atom. The SMILES string of the molecule is COC(CC(OC)c1ccc(C(F)(F)F)nc1C(F)(F)F)c1cc(C(F)(F)F)cc(C(F)(F)F)c1. The zero-order chi connectivity index (χ0) is 27.0. The Kier molecular flexibility index (Phi) is 8.06. The molecule has 0 bridgehead atoms. The third-order valence-corrected chi connectivity index (χ3v) is 4.81. The van der Waals surface area contributed by atoms with Crippen LogP contribution in [0.1, 0.15) is 52.3 Å². The minimum absolute atomic E-state index is 0.147. The molecule has 1 heterocycles. The van der Waals surface area contributed by atoms with E-state index >= 15 is 0 Å². The molecule has 0 aliphatic heterocycles. The van der Waals surface area contributed by atoms with Crippen molar-refractivity contribution in [1.82, 2.24) is 4.98 Å². The van der Waals surface area contributed by atoms with E-state index in [0.717, 1.165) is 14.2 Å². The average Bonchev–Trinajstić information content (AvgIpc) is 2.71. The fourth-order valence-electron chi connectivity index (χ4n) is 3.19. The topological polar surface area (TPSA) is 31.4 Å². The summed E-state index contributed by atoms with van der Waals surface area (Å²) in [5.74, 6) is 0. The van der Waals surface area contributed by atoms with Crippen molar-refractivity contribution in [3.63, 3.8) is 0 Å². The summed E-state index contributed by atoms with van der Waals surface area (Å²) in [6.07, 6.45) is -25.2. The first-order valence-electron chi connectivity index (χ1n) is 9.29. The van der Waals surface area contributed by atoms with Crippen molar-refractivity contribution in [3.05, 3.63) is 64.0 Å². The molecule has 0 saturated carbocycles. The maximum absolute atomic E-state index is 13.5. The van der Waals surface area contributed by atoms with E-state index in [2.05, 4.69) is 4.98 Å². The van der Waals surface area contributed by atoms with Gasteiger partial charge in [0.15, 0.2) is 5.69 Å². The number of pyridine rings is 1. The summed E-state index contributed by atoms with van der Waals surface area (Å²) in [6, 6.07) is 1.17. The summed E-state index contributed by atoms with van der Waals surface area (Å²) in [5.41, 5.74) is -8.83. The van der Waals surface area contributed by atoms with Crippen molar-refractivity contribution < 1.29 is 62.2 Å². The van der Waals surface area contributed by atoms with Crippen molar-refractivity contribution in [2.24, 2.45) is 0 Å². The highest BCUT2D eigenvalue weighted by atomic mass is 19.4. The van der Waals surface area contributed by atoms with Gasteiger partial charge in [0.1, 0.15) is 5.69 Å². The number of hydrogen-bond donors (Lipinski definition) is 0. The molecule has 196 valence electrons. The molecule has 0 N–H and O–H groups in total. The second-order valence-electron chi connectivity index (χ2n) is 7.15. The third-order valence-electron chi connectivity index (χ3n) is 4.81. The monoisotopic (exact) mass is 529 g/mol. The van der Waals surface area contributed by atoms with Gasteiger partial charge in [0, 0.05) is 26.2 Å². The minimum atomic E-state index is -5.39. The van der Waals surface area contributed by atoms with E-state index in [4.69, 9.17) is 9.47 Å². The standard InChI is InChI=1S/C20H15F12NO2/c1-34-13(9-5-10(17(21,22)23)7-11(6-9)18(24,25)26)8-14(35-2)12-3-4-15(19(27,28)29)33-16(12)20(30,31)32/h3-7,13-14H,8H2,1-2H3. The molecule has 15 heteroatoms. The van der Waals surface area contributed by atoms with Crippen LogP contribution in [-0.4, -0.2) is 19.2 Å². The Hall–Kier alpha value is -2.55. The maximum Gasteiger partial charge on any atom is 0.433 e. The molecule has 0 spiro atoms. The molecule has 1 aromatic carbocycles. The minimum Gasteiger partial charge on any atom is -0.377 e. The maximum atomic E-state index is 13.5. The van der Waals surface area contributed by atoms with Crippen LogP contribution in [-0.2, 0) is 34.2 Å². The van der Waals surface area contributed by atoms with Crippen LogP contribution in [0.25, 0.3) is 0 Å². The predicted molar refractivity (Wildman–Crippen MR) is 94.8 cm³/mol. The van der Waals surface area contributed by atoms with Gasteiger partial charge in [-0.3, -0.25) is 0 Å².